The average molecular weight is 271 g/mol. The third kappa shape index (κ3) is 2.44. The minimum absolute atomic E-state index is 0.237. The van der Waals surface area contributed by atoms with Crippen LogP contribution in [0.2, 0.25) is 0 Å². The van der Waals surface area contributed by atoms with Crippen molar-refractivity contribution in [1.29, 1.82) is 5.26 Å². The summed E-state index contributed by atoms with van der Waals surface area (Å²) in [7, 11) is -1.82. The number of allylic oxidation sites excluding steroid dienone is 4. The quantitative estimate of drug-likeness (QED) is 0.765. The number of rotatable bonds is 2. The Labute approximate surface area is 112 Å². The predicted molar refractivity (Wildman–Crippen MR) is 69.4 cm³/mol. The molecule has 1 aromatic carbocycles. The maximum atomic E-state index is 12.3. The van der Waals surface area contributed by atoms with Crippen LogP contribution in [-0.4, -0.2) is 15.8 Å². The Balaban J connectivity index is 2.53. The van der Waals surface area contributed by atoms with E-state index in [-0.39, 0.29) is 10.5 Å². The third-order valence-electron chi connectivity index (χ3n) is 2.62. The lowest BCUT2D eigenvalue weighted by atomic mass is 10.1. The van der Waals surface area contributed by atoms with Crippen LogP contribution < -0.4 is 0 Å². The van der Waals surface area contributed by atoms with Gasteiger partial charge in [-0.3, -0.25) is 9.59 Å². The fourth-order valence-corrected chi connectivity index (χ4v) is 2.82. The van der Waals surface area contributed by atoms with E-state index in [2.05, 4.69) is 0 Å². The zero-order valence-electron chi connectivity index (χ0n) is 10.0. The summed E-state index contributed by atoms with van der Waals surface area (Å²) >= 11 is 0. The van der Waals surface area contributed by atoms with Crippen molar-refractivity contribution in [1.82, 2.24) is 0 Å². The van der Waals surface area contributed by atoms with Gasteiger partial charge in [-0.2, -0.15) is 5.26 Å². The molecule has 1 aromatic rings. The Morgan fingerprint density at radius 3 is 2.21 bits per heavy atom. The summed E-state index contributed by atoms with van der Waals surface area (Å²) in [5.41, 5.74) is 0.646. The van der Waals surface area contributed by atoms with Gasteiger partial charge >= 0.3 is 0 Å². The molecule has 4 nitrogen and oxygen atoms in total. The summed E-state index contributed by atoms with van der Waals surface area (Å²) in [6.45, 7) is 1.88. The number of carbonyl (C=O) groups is 2. The Morgan fingerprint density at radius 2 is 1.63 bits per heavy atom. The van der Waals surface area contributed by atoms with E-state index in [4.69, 9.17) is 5.26 Å². The number of ketones is 2. The summed E-state index contributed by atoms with van der Waals surface area (Å²) in [5.74, 6) is -1.15. The van der Waals surface area contributed by atoms with E-state index >= 15 is 0 Å². The van der Waals surface area contributed by atoms with Crippen LogP contribution in [0.5, 0.6) is 0 Å². The average Bonchev–Trinajstić information content (AvgIpc) is 2.41. The van der Waals surface area contributed by atoms with Crippen LogP contribution in [-0.2, 0) is 20.4 Å². The smallest absolute Gasteiger partial charge is 0.197 e. The number of hydrogen-bond acceptors (Lipinski definition) is 4. The molecule has 0 heterocycles. The number of nitriles is 1. The molecule has 5 heteroatoms. The lowest BCUT2D eigenvalue weighted by Gasteiger charge is -2.09. The highest BCUT2D eigenvalue weighted by atomic mass is 32.2. The number of benzene rings is 1. The lowest BCUT2D eigenvalue weighted by Crippen LogP contribution is -2.17. The van der Waals surface area contributed by atoms with E-state index in [1.807, 2.05) is 6.92 Å². The van der Waals surface area contributed by atoms with Crippen LogP contribution in [0.25, 0.3) is 0 Å². The molecule has 0 saturated heterocycles. The molecule has 1 aliphatic carbocycles. The van der Waals surface area contributed by atoms with Gasteiger partial charge in [-0.15, -0.1) is 0 Å². The van der Waals surface area contributed by atoms with Gasteiger partial charge in [0, 0.05) is 4.90 Å². The summed E-state index contributed by atoms with van der Waals surface area (Å²) in [6, 6.07) is 8.40. The van der Waals surface area contributed by atoms with Gasteiger partial charge in [-0.1, -0.05) is 17.7 Å². The van der Waals surface area contributed by atoms with Gasteiger partial charge in [-0.25, -0.2) is 4.21 Å². The first kappa shape index (κ1) is 13.1. The number of nitrogens with zero attached hydrogens (tertiary/aromatic N) is 1. The molecule has 2 rings (SSSR count). The van der Waals surface area contributed by atoms with E-state index in [0.29, 0.717) is 4.90 Å². The molecule has 0 bridgehead atoms. The Hall–Kier alpha value is -2.32. The van der Waals surface area contributed by atoms with Gasteiger partial charge in [-0.05, 0) is 31.2 Å². The number of carbonyl (C=O) groups excluding carboxylic acids is 2. The van der Waals surface area contributed by atoms with E-state index in [0.717, 1.165) is 17.7 Å². The van der Waals surface area contributed by atoms with Gasteiger partial charge in [0.1, 0.15) is 16.5 Å². The Kier molecular flexibility index (Phi) is 3.54. The highest BCUT2D eigenvalue weighted by Crippen LogP contribution is 2.22. The third-order valence-corrected chi connectivity index (χ3v) is 4.09. The van der Waals surface area contributed by atoms with Crippen molar-refractivity contribution in [2.24, 2.45) is 0 Å². The second-order valence-corrected chi connectivity index (χ2v) is 5.38. The van der Waals surface area contributed by atoms with Crippen molar-refractivity contribution >= 4 is 22.4 Å². The summed E-state index contributed by atoms with van der Waals surface area (Å²) in [6.07, 6.45) is 2.07. The first-order valence-corrected chi connectivity index (χ1v) is 6.59. The monoisotopic (exact) mass is 271 g/mol. The maximum absolute atomic E-state index is 12.3. The molecule has 1 unspecified atom stereocenters. The van der Waals surface area contributed by atoms with Crippen LogP contribution in [0.1, 0.15) is 5.56 Å². The highest BCUT2D eigenvalue weighted by molar-refractivity contribution is 7.90. The van der Waals surface area contributed by atoms with Gasteiger partial charge < -0.3 is 0 Å². The molecule has 0 saturated carbocycles. The zero-order chi connectivity index (χ0) is 14.0. The minimum Gasteiger partial charge on any atom is -0.289 e. The molecular formula is C14H9NO3S. The second kappa shape index (κ2) is 5.12. The van der Waals surface area contributed by atoms with Crippen molar-refractivity contribution in [3.8, 4) is 6.07 Å². The molecule has 1 atom stereocenters. The first-order chi connectivity index (χ1) is 9.04. The lowest BCUT2D eigenvalue weighted by molar-refractivity contribution is -0.114. The van der Waals surface area contributed by atoms with E-state index < -0.39 is 22.4 Å². The topological polar surface area (TPSA) is 75.0 Å². The van der Waals surface area contributed by atoms with E-state index in [1.165, 1.54) is 0 Å². The molecular weight excluding hydrogens is 262 g/mol. The van der Waals surface area contributed by atoms with Crippen molar-refractivity contribution in [2.75, 3.05) is 0 Å². The molecule has 0 fully saturated rings. The van der Waals surface area contributed by atoms with Gasteiger partial charge in [0.2, 0.25) is 0 Å². The van der Waals surface area contributed by atoms with Gasteiger partial charge in [0.15, 0.2) is 11.6 Å². The van der Waals surface area contributed by atoms with Crippen molar-refractivity contribution in [3.63, 3.8) is 0 Å². The van der Waals surface area contributed by atoms with Crippen LogP contribution in [0, 0.1) is 18.3 Å². The van der Waals surface area contributed by atoms with Crippen molar-refractivity contribution < 1.29 is 13.8 Å². The van der Waals surface area contributed by atoms with Gasteiger partial charge in [0.25, 0.3) is 0 Å². The fourth-order valence-electron chi connectivity index (χ4n) is 1.62. The van der Waals surface area contributed by atoms with E-state index in [1.54, 1.807) is 30.3 Å². The number of hydrogen-bond donors (Lipinski definition) is 0. The SMILES string of the molecule is Cc1ccc(S(=O)C2=C(C#N)C(=O)C=CC2=O)cc1. The normalized spacial score (nSPS) is 16.4. The van der Waals surface area contributed by atoms with Crippen LogP contribution in [0.15, 0.2) is 51.8 Å². The molecule has 0 aliphatic heterocycles. The van der Waals surface area contributed by atoms with Crippen LogP contribution in [0.4, 0.5) is 0 Å². The maximum Gasteiger partial charge on any atom is 0.197 e. The van der Waals surface area contributed by atoms with Crippen LogP contribution in [0.3, 0.4) is 0 Å². The molecule has 0 spiro atoms. The molecule has 1 aliphatic rings. The van der Waals surface area contributed by atoms with Crippen LogP contribution >= 0.6 is 0 Å². The highest BCUT2D eigenvalue weighted by Gasteiger charge is 2.28. The molecule has 0 aromatic heterocycles. The van der Waals surface area contributed by atoms with Gasteiger partial charge in [0.05, 0.1) is 10.8 Å². The second-order valence-electron chi connectivity index (χ2n) is 3.96. The fraction of sp³-hybridized carbons (Fsp3) is 0.0714. The molecule has 0 radical (unpaired) electrons. The standard InChI is InChI=1S/C14H9NO3S/c1-9-2-4-10(5-3-9)19(18)14-11(8-15)12(16)6-7-13(14)17/h2-7H,1H3. The predicted octanol–water partition coefficient (Wildman–Crippen LogP) is 1.59. The summed E-state index contributed by atoms with van der Waals surface area (Å²) < 4.78 is 12.3. The molecule has 0 amide bonds. The van der Waals surface area contributed by atoms with Crippen molar-refractivity contribution in [2.45, 2.75) is 11.8 Å². The van der Waals surface area contributed by atoms with Crippen molar-refractivity contribution in [3.05, 3.63) is 52.5 Å². The zero-order valence-corrected chi connectivity index (χ0v) is 10.9. The summed E-state index contributed by atoms with van der Waals surface area (Å²) in [5, 5.41) is 8.94. The molecule has 19 heavy (non-hydrogen) atoms. The first-order valence-electron chi connectivity index (χ1n) is 5.44. The molecule has 94 valence electrons. The molecule has 0 N–H and O–H groups in total. The largest absolute Gasteiger partial charge is 0.289 e. The van der Waals surface area contributed by atoms with E-state index in [9.17, 15) is 13.8 Å². The number of aryl methyl sites for hydroxylation is 1. The Morgan fingerprint density at radius 1 is 1.05 bits per heavy atom. The summed E-state index contributed by atoms with van der Waals surface area (Å²) in [4.78, 5) is 23.4. The minimum atomic E-state index is -1.82. The Bertz CT molecular complexity index is 690.